The Kier molecular flexibility index (Phi) is 10.4. The monoisotopic (exact) mass is 590 g/mol. The minimum atomic E-state index is 0.321. The van der Waals surface area contributed by atoms with Crippen molar-refractivity contribution in [3.8, 4) is 11.3 Å². The molecule has 6 heteroatoms. The summed E-state index contributed by atoms with van der Waals surface area (Å²) in [6.45, 7) is 9.56. The second-order valence-corrected chi connectivity index (χ2v) is 12.3. The van der Waals surface area contributed by atoms with Gasteiger partial charge in [-0.2, -0.15) is 5.10 Å². The van der Waals surface area contributed by atoms with Crippen molar-refractivity contribution in [3.63, 3.8) is 0 Å². The maximum Gasteiger partial charge on any atom is 0.188 e. The van der Waals surface area contributed by atoms with Gasteiger partial charge in [0.25, 0.3) is 0 Å². The number of H-pyrrole nitrogens is 1. The summed E-state index contributed by atoms with van der Waals surface area (Å²) in [7, 11) is 2.13. The van der Waals surface area contributed by atoms with Gasteiger partial charge in [0, 0.05) is 30.4 Å². The lowest BCUT2D eigenvalue weighted by atomic mass is 9.77. The second-order valence-electron chi connectivity index (χ2n) is 12.3. The van der Waals surface area contributed by atoms with Crippen LogP contribution in [0.3, 0.4) is 0 Å². The van der Waals surface area contributed by atoms with Crippen molar-refractivity contribution in [3.05, 3.63) is 102 Å². The molecule has 6 nitrogen and oxygen atoms in total. The molecule has 0 saturated heterocycles. The maximum atomic E-state index is 9.27. The lowest BCUT2D eigenvalue weighted by molar-refractivity contribution is -0.422. The van der Waals surface area contributed by atoms with Gasteiger partial charge in [-0.25, -0.2) is 9.56 Å². The molecule has 0 radical (unpaired) electrons. The predicted octanol–water partition coefficient (Wildman–Crippen LogP) is 8.51. The van der Waals surface area contributed by atoms with Crippen molar-refractivity contribution in [1.29, 1.82) is 0 Å². The predicted molar refractivity (Wildman–Crippen MR) is 183 cm³/mol. The van der Waals surface area contributed by atoms with E-state index in [4.69, 9.17) is 4.98 Å². The number of nitrogens with one attached hydrogen (secondary N) is 1. The topological polar surface area (TPSA) is 69.7 Å². The zero-order valence-corrected chi connectivity index (χ0v) is 27.1. The number of hydrogen-bond acceptors (Lipinski definition) is 3. The van der Waals surface area contributed by atoms with Crippen LogP contribution in [0.25, 0.3) is 27.9 Å². The zero-order valence-electron chi connectivity index (χ0n) is 27.1. The van der Waals surface area contributed by atoms with Gasteiger partial charge < -0.3 is 10.1 Å². The Hall–Kier alpha value is -4.03. The average Bonchev–Trinajstić information content (AvgIpc) is 3.68. The van der Waals surface area contributed by atoms with Crippen LogP contribution in [0, 0.1) is 5.92 Å². The molecule has 2 N–H and O–H groups in total. The van der Waals surface area contributed by atoms with Crippen molar-refractivity contribution < 1.29 is 9.68 Å². The summed E-state index contributed by atoms with van der Waals surface area (Å²) in [6, 6.07) is 17.7. The first-order chi connectivity index (χ1) is 21.4. The number of rotatable bonds is 11. The normalized spacial score (nSPS) is 18.8. The third-order valence-electron chi connectivity index (χ3n) is 9.09. The highest BCUT2D eigenvalue weighted by Crippen LogP contribution is 2.37. The SMILES string of the molecule is CC=CC=C(C)Cn1nccc1-c1ccc2nc(C(C)=C[N+](C)=C(CC)c3ccc(C4CCC(CCO)CC4)cc3)[nH]c2c1. The summed E-state index contributed by atoms with van der Waals surface area (Å²) in [5.41, 5.74) is 10.5. The average molecular weight is 591 g/mol. The molecule has 5 rings (SSSR count). The number of nitrogens with zero attached hydrogens (tertiary/aromatic N) is 4. The minimum Gasteiger partial charge on any atom is -0.396 e. The Balaban J connectivity index is 1.33. The molecule has 0 unspecified atom stereocenters. The quantitative estimate of drug-likeness (QED) is 0.105. The van der Waals surface area contributed by atoms with Gasteiger partial charge in [-0.15, -0.1) is 0 Å². The molecule has 2 aromatic carbocycles. The van der Waals surface area contributed by atoms with Crippen LogP contribution in [0.1, 0.15) is 89.1 Å². The third-order valence-corrected chi connectivity index (χ3v) is 9.09. The number of aromatic nitrogens is 4. The van der Waals surface area contributed by atoms with E-state index in [1.54, 1.807) is 0 Å². The van der Waals surface area contributed by atoms with E-state index >= 15 is 0 Å². The summed E-state index contributed by atoms with van der Waals surface area (Å²) in [5, 5.41) is 13.8. The highest BCUT2D eigenvalue weighted by Gasteiger charge is 2.22. The number of aromatic amines is 1. The fourth-order valence-electron chi connectivity index (χ4n) is 6.61. The summed E-state index contributed by atoms with van der Waals surface area (Å²) in [6.07, 6.45) is 17.1. The van der Waals surface area contributed by atoms with Crippen LogP contribution in [0.4, 0.5) is 0 Å². The van der Waals surface area contributed by atoms with E-state index in [0.717, 1.165) is 53.1 Å². The molecule has 0 atom stereocenters. The van der Waals surface area contributed by atoms with E-state index < -0.39 is 0 Å². The van der Waals surface area contributed by atoms with Gasteiger partial charge in [-0.3, -0.25) is 4.68 Å². The molecule has 44 heavy (non-hydrogen) atoms. The smallest absolute Gasteiger partial charge is 0.188 e. The van der Waals surface area contributed by atoms with Gasteiger partial charge in [0.15, 0.2) is 11.9 Å². The van der Waals surface area contributed by atoms with E-state index in [9.17, 15) is 5.11 Å². The first-order valence-corrected chi connectivity index (χ1v) is 16.2. The van der Waals surface area contributed by atoms with E-state index in [-0.39, 0.29) is 0 Å². The van der Waals surface area contributed by atoms with Crippen molar-refractivity contribution in [2.24, 2.45) is 5.92 Å². The Morgan fingerprint density at radius 3 is 2.55 bits per heavy atom. The molecule has 0 amide bonds. The third kappa shape index (κ3) is 7.36. The fraction of sp³-hybridized carbons (Fsp3) is 0.395. The molecular weight excluding hydrogens is 542 g/mol. The lowest BCUT2D eigenvalue weighted by Crippen LogP contribution is -2.15. The Morgan fingerprint density at radius 1 is 1.07 bits per heavy atom. The number of allylic oxidation sites excluding steroid dienone is 5. The second kappa shape index (κ2) is 14.6. The van der Waals surface area contributed by atoms with Crippen LogP contribution in [0.5, 0.6) is 0 Å². The van der Waals surface area contributed by atoms with E-state index in [1.807, 2.05) is 23.9 Å². The number of fused-ring (bicyclic) bond motifs is 1. The van der Waals surface area contributed by atoms with Gasteiger partial charge in [0.05, 0.1) is 28.8 Å². The standard InChI is InChI=1S/C38H48N5O/c1-6-8-9-27(3)25-43-37(20-22-39-43)33-18-19-34-35(24-33)41-38(40-34)28(4)26-42(5)36(7-2)32-16-14-31(15-17-32)30-12-10-29(11-13-30)21-23-44/h6,8-9,14-20,22,24,26,29-30,44H,7,10-13,21,23,25H2,1-5H3,(H,40,41)/q+1. The summed E-state index contributed by atoms with van der Waals surface area (Å²) in [4.78, 5) is 8.48. The highest BCUT2D eigenvalue weighted by atomic mass is 16.3. The maximum absolute atomic E-state index is 9.27. The van der Waals surface area contributed by atoms with Crippen LogP contribution < -0.4 is 0 Å². The Morgan fingerprint density at radius 2 is 1.84 bits per heavy atom. The number of aliphatic hydroxyl groups is 1. The molecular formula is C38H48N5O+. The molecule has 1 aliphatic carbocycles. The van der Waals surface area contributed by atoms with Crippen LogP contribution in [-0.4, -0.2) is 48.8 Å². The van der Waals surface area contributed by atoms with Gasteiger partial charge in [-0.1, -0.05) is 48.9 Å². The summed E-state index contributed by atoms with van der Waals surface area (Å²) in [5.74, 6) is 2.22. The van der Waals surface area contributed by atoms with Crippen molar-refractivity contribution in [2.45, 2.75) is 78.7 Å². The van der Waals surface area contributed by atoms with Crippen molar-refractivity contribution in [1.82, 2.24) is 19.7 Å². The zero-order chi connectivity index (χ0) is 31.1. The molecule has 0 bridgehead atoms. The molecule has 230 valence electrons. The van der Waals surface area contributed by atoms with Crippen LogP contribution in [0.15, 0.2) is 84.7 Å². The van der Waals surface area contributed by atoms with Crippen LogP contribution in [-0.2, 0) is 6.54 Å². The molecule has 1 fully saturated rings. The van der Waals surface area contributed by atoms with Gasteiger partial charge in [-0.05, 0) is 101 Å². The number of imidazole rings is 1. The van der Waals surface area contributed by atoms with E-state index in [2.05, 4.69) is 109 Å². The van der Waals surface area contributed by atoms with Crippen LogP contribution >= 0.6 is 0 Å². The van der Waals surface area contributed by atoms with Crippen LogP contribution in [0.2, 0.25) is 0 Å². The minimum absolute atomic E-state index is 0.321. The number of hydrogen-bond donors (Lipinski definition) is 2. The van der Waals surface area contributed by atoms with Crippen molar-refractivity contribution in [2.75, 3.05) is 13.7 Å². The number of benzene rings is 2. The summed E-state index contributed by atoms with van der Waals surface area (Å²) < 4.78 is 4.29. The molecule has 4 aromatic rings. The first kappa shape index (κ1) is 31.4. The first-order valence-electron chi connectivity index (χ1n) is 16.2. The Bertz CT molecular complexity index is 1670. The molecule has 0 aliphatic heterocycles. The largest absolute Gasteiger partial charge is 0.396 e. The van der Waals surface area contributed by atoms with E-state index in [1.165, 1.54) is 48.1 Å². The molecule has 0 spiro atoms. The molecule has 1 aliphatic rings. The van der Waals surface area contributed by atoms with Gasteiger partial charge in [0.1, 0.15) is 12.9 Å². The fourth-order valence-corrected chi connectivity index (χ4v) is 6.61. The van der Waals surface area contributed by atoms with Gasteiger partial charge >= 0.3 is 0 Å². The van der Waals surface area contributed by atoms with Gasteiger partial charge in [0.2, 0.25) is 0 Å². The summed E-state index contributed by atoms with van der Waals surface area (Å²) >= 11 is 0. The molecule has 2 heterocycles. The molecule has 1 saturated carbocycles. The van der Waals surface area contributed by atoms with Crippen molar-refractivity contribution >= 4 is 22.3 Å². The highest BCUT2D eigenvalue weighted by molar-refractivity contribution is 5.97. The number of aliphatic hydroxyl groups excluding tert-OH is 1. The lowest BCUT2D eigenvalue weighted by Gasteiger charge is -2.28. The molecule has 2 aromatic heterocycles. The van der Waals surface area contributed by atoms with E-state index in [0.29, 0.717) is 18.4 Å². The Labute approximate surface area is 262 Å².